The van der Waals surface area contributed by atoms with Gasteiger partial charge in [-0.2, -0.15) is 0 Å². The molecule has 0 amide bonds. The maximum absolute atomic E-state index is 3.47. The molecule has 1 aromatic carbocycles. The molecule has 0 bridgehead atoms. The van der Waals surface area contributed by atoms with E-state index in [4.69, 9.17) is 0 Å². The lowest BCUT2D eigenvalue weighted by atomic mass is 10.1. The Morgan fingerprint density at radius 3 is 2.65 bits per heavy atom. The van der Waals surface area contributed by atoms with E-state index >= 15 is 0 Å². The molecule has 1 saturated heterocycles. The molecule has 1 heterocycles. The summed E-state index contributed by atoms with van der Waals surface area (Å²) in [5.41, 5.74) is 1.39. The molecule has 0 N–H and O–H groups in total. The van der Waals surface area contributed by atoms with Gasteiger partial charge in [-0.1, -0.05) is 28.1 Å². The average Bonchev–Trinajstić information content (AvgIpc) is 2.67. The second-order valence-corrected chi connectivity index (χ2v) is 6.16. The molecule has 0 aromatic heterocycles. The van der Waals surface area contributed by atoms with Crippen LogP contribution in [0.4, 0.5) is 0 Å². The quantitative estimate of drug-likeness (QED) is 0.843. The molecule has 1 aromatic rings. The molecule has 2 nitrogen and oxygen atoms in total. The van der Waals surface area contributed by atoms with Crippen molar-refractivity contribution in [3.8, 4) is 0 Å². The number of nitrogens with zero attached hydrogens (tertiary/aromatic N) is 2. The lowest BCUT2D eigenvalue weighted by molar-refractivity contribution is 0.267. The predicted molar refractivity (Wildman–Crippen MR) is 76.1 cm³/mol. The molecule has 1 unspecified atom stereocenters. The van der Waals surface area contributed by atoms with Gasteiger partial charge in [0.05, 0.1) is 0 Å². The lowest BCUT2D eigenvalue weighted by Crippen LogP contribution is -2.27. The van der Waals surface area contributed by atoms with Crippen LogP contribution in [0.5, 0.6) is 0 Å². The van der Waals surface area contributed by atoms with Gasteiger partial charge in [-0.3, -0.25) is 0 Å². The summed E-state index contributed by atoms with van der Waals surface area (Å²) >= 11 is 3.47. The molecule has 17 heavy (non-hydrogen) atoms. The fraction of sp³-hybridized carbons (Fsp3) is 0.571. The fourth-order valence-corrected chi connectivity index (χ4v) is 2.85. The van der Waals surface area contributed by atoms with Crippen molar-refractivity contribution in [3.05, 3.63) is 34.3 Å². The zero-order valence-corrected chi connectivity index (χ0v) is 12.3. The number of benzene rings is 1. The Hall–Kier alpha value is -0.380. The van der Waals surface area contributed by atoms with Crippen molar-refractivity contribution in [1.82, 2.24) is 9.80 Å². The van der Waals surface area contributed by atoms with Gasteiger partial charge in [0, 0.05) is 24.1 Å². The first-order chi connectivity index (χ1) is 8.13. The van der Waals surface area contributed by atoms with Crippen LogP contribution in [-0.2, 0) is 6.54 Å². The maximum atomic E-state index is 3.47. The van der Waals surface area contributed by atoms with E-state index in [0.29, 0.717) is 0 Å². The maximum Gasteiger partial charge on any atom is 0.0230 e. The second kappa shape index (κ2) is 5.98. The Morgan fingerprint density at radius 1 is 1.35 bits per heavy atom. The van der Waals surface area contributed by atoms with E-state index in [-0.39, 0.29) is 0 Å². The second-order valence-electron chi connectivity index (χ2n) is 5.24. The number of hydrogen-bond donors (Lipinski definition) is 0. The van der Waals surface area contributed by atoms with Gasteiger partial charge in [-0.15, -0.1) is 0 Å². The molecule has 1 aliphatic heterocycles. The third-order valence-corrected chi connectivity index (χ3v) is 3.95. The Morgan fingerprint density at radius 2 is 2.06 bits per heavy atom. The molecule has 3 heteroatoms. The van der Waals surface area contributed by atoms with Gasteiger partial charge in [-0.05, 0) is 50.7 Å². The standard InChI is InChI=1S/C14H21BrN2/c1-16-8-7-13(10-16)11-17(2)9-12-3-5-14(15)6-4-12/h3-6,13H,7-11H2,1-2H3. The Balaban J connectivity index is 1.80. The largest absolute Gasteiger partial charge is 0.306 e. The van der Waals surface area contributed by atoms with E-state index in [0.717, 1.165) is 16.9 Å². The average molecular weight is 297 g/mol. The Kier molecular flexibility index (Phi) is 4.60. The van der Waals surface area contributed by atoms with Gasteiger partial charge in [0.15, 0.2) is 0 Å². The SMILES string of the molecule is CN1CCC(CN(C)Cc2ccc(Br)cc2)C1. The first-order valence-electron chi connectivity index (χ1n) is 6.25. The van der Waals surface area contributed by atoms with Crippen molar-refractivity contribution in [2.45, 2.75) is 13.0 Å². The normalized spacial score (nSPS) is 21.3. The van der Waals surface area contributed by atoms with E-state index in [9.17, 15) is 0 Å². The zero-order valence-electron chi connectivity index (χ0n) is 10.7. The summed E-state index contributed by atoms with van der Waals surface area (Å²) < 4.78 is 1.15. The molecule has 1 fully saturated rings. The zero-order chi connectivity index (χ0) is 12.3. The van der Waals surface area contributed by atoms with Crippen molar-refractivity contribution >= 4 is 15.9 Å². The minimum absolute atomic E-state index is 0.848. The summed E-state index contributed by atoms with van der Waals surface area (Å²) in [5, 5.41) is 0. The van der Waals surface area contributed by atoms with Gasteiger partial charge in [0.25, 0.3) is 0 Å². The number of hydrogen-bond acceptors (Lipinski definition) is 2. The molecule has 0 spiro atoms. The highest BCUT2D eigenvalue weighted by molar-refractivity contribution is 9.10. The van der Waals surface area contributed by atoms with Crippen molar-refractivity contribution in [3.63, 3.8) is 0 Å². The topological polar surface area (TPSA) is 6.48 Å². The summed E-state index contributed by atoms with van der Waals surface area (Å²) in [6, 6.07) is 8.63. The minimum atomic E-state index is 0.848. The highest BCUT2D eigenvalue weighted by Crippen LogP contribution is 2.17. The third-order valence-electron chi connectivity index (χ3n) is 3.42. The highest BCUT2D eigenvalue weighted by Gasteiger charge is 2.20. The molecule has 1 atom stereocenters. The molecule has 94 valence electrons. The van der Waals surface area contributed by atoms with Crippen molar-refractivity contribution in [2.75, 3.05) is 33.7 Å². The molecular formula is C14H21BrN2. The number of halogens is 1. The van der Waals surface area contributed by atoms with E-state index < -0.39 is 0 Å². The summed E-state index contributed by atoms with van der Waals surface area (Å²) in [6.45, 7) is 4.77. The van der Waals surface area contributed by atoms with E-state index in [2.05, 4.69) is 64.1 Å². The number of likely N-dealkylation sites (tertiary alicyclic amines) is 1. The minimum Gasteiger partial charge on any atom is -0.306 e. The van der Waals surface area contributed by atoms with E-state index in [1.54, 1.807) is 0 Å². The van der Waals surface area contributed by atoms with Crippen LogP contribution in [0.1, 0.15) is 12.0 Å². The lowest BCUT2D eigenvalue weighted by Gasteiger charge is -2.21. The first kappa shape index (κ1) is 13.1. The van der Waals surface area contributed by atoms with Gasteiger partial charge in [0.1, 0.15) is 0 Å². The van der Waals surface area contributed by atoms with Crippen LogP contribution in [0.25, 0.3) is 0 Å². The molecule has 0 radical (unpaired) electrons. The fourth-order valence-electron chi connectivity index (χ4n) is 2.58. The van der Waals surface area contributed by atoms with Crippen molar-refractivity contribution in [2.24, 2.45) is 5.92 Å². The van der Waals surface area contributed by atoms with E-state index in [1.165, 1.54) is 31.6 Å². The van der Waals surface area contributed by atoms with Crippen LogP contribution < -0.4 is 0 Å². The van der Waals surface area contributed by atoms with Crippen molar-refractivity contribution in [1.29, 1.82) is 0 Å². The molecule has 0 aliphatic carbocycles. The smallest absolute Gasteiger partial charge is 0.0230 e. The summed E-state index contributed by atoms with van der Waals surface area (Å²) in [7, 11) is 4.44. The van der Waals surface area contributed by atoms with Crippen LogP contribution >= 0.6 is 15.9 Å². The molecule has 2 rings (SSSR count). The predicted octanol–water partition coefficient (Wildman–Crippen LogP) is 2.83. The third kappa shape index (κ3) is 4.09. The molecular weight excluding hydrogens is 276 g/mol. The molecule has 1 aliphatic rings. The number of rotatable bonds is 4. The Bertz CT molecular complexity index is 350. The molecule has 0 saturated carbocycles. The van der Waals surface area contributed by atoms with Crippen LogP contribution in [0.15, 0.2) is 28.7 Å². The monoisotopic (exact) mass is 296 g/mol. The van der Waals surface area contributed by atoms with Crippen molar-refractivity contribution < 1.29 is 0 Å². The van der Waals surface area contributed by atoms with Crippen LogP contribution in [0.2, 0.25) is 0 Å². The van der Waals surface area contributed by atoms with E-state index in [1.807, 2.05) is 0 Å². The van der Waals surface area contributed by atoms with Crippen LogP contribution in [0.3, 0.4) is 0 Å². The van der Waals surface area contributed by atoms with Gasteiger partial charge in [0.2, 0.25) is 0 Å². The van der Waals surface area contributed by atoms with Gasteiger partial charge >= 0.3 is 0 Å². The van der Waals surface area contributed by atoms with Crippen LogP contribution in [-0.4, -0.2) is 43.5 Å². The van der Waals surface area contributed by atoms with Crippen LogP contribution in [0, 0.1) is 5.92 Å². The Labute approximate surface area is 113 Å². The van der Waals surface area contributed by atoms with Gasteiger partial charge in [-0.25, -0.2) is 0 Å². The summed E-state index contributed by atoms with van der Waals surface area (Å²) in [4.78, 5) is 4.87. The first-order valence-corrected chi connectivity index (χ1v) is 7.04. The summed E-state index contributed by atoms with van der Waals surface area (Å²) in [6.07, 6.45) is 1.35. The highest BCUT2D eigenvalue weighted by atomic mass is 79.9. The van der Waals surface area contributed by atoms with Gasteiger partial charge < -0.3 is 9.80 Å². The summed E-state index contributed by atoms with van der Waals surface area (Å²) in [5.74, 6) is 0.848.